The van der Waals surface area contributed by atoms with E-state index in [4.69, 9.17) is 0 Å². The molecule has 2 N–H and O–H groups in total. The van der Waals surface area contributed by atoms with Crippen molar-refractivity contribution in [3.63, 3.8) is 0 Å². The van der Waals surface area contributed by atoms with Gasteiger partial charge in [0, 0.05) is 18.2 Å². The predicted molar refractivity (Wildman–Crippen MR) is 92.9 cm³/mol. The molecular weight excluding hydrogens is 336 g/mol. The van der Waals surface area contributed by atoms with Crippen LogP contribution in [0.25, 0.3) is 5.69 Å². The van der Waals surface area contributed by atoms with Gasteiger partial charge in [-0.1, -0.05) is 17.7 Å². The molecule has 1 aromatic carbocycles. The number of nitrogens with one attached hydrogen (secondary N) is 2. The highest BCUT2D eigenvalue weighted by molar-refractivity contribution is 6.03. The lowest BCUT2D eigenvalue weighted by molar-refractivity contribution is -0.134. The minimum Gasteiger partial charge on any atom is -0.339 e. The molecule has 1 atom stereocenters. The highest BCUT2D eigenvalue weighted by Crippen LogP contribution is 2.10. The van der Waals surface area contributed by atoms with Crippen molar-refractivity contribution in [3.8, 4) is 5.69 Å². The first-order valence-corrected chi connectivity index (χ1v) is 8.18. The molecule has 0 saturated carbocycles. The number of carbonyl (C=O) groups excluding carboxylic acids is 3. The maximum atomic E-state index is 12.5. The van der Waals surface area contributed by atoms with Gasteiger partial charge in [-0.3, -0.25) is 24.5 Å². The monoisotopic (exact) mass is 354 g/mol. The molecule has 0 aliphatic carbocycles. The van der Waals surface area contributed by atoms with Crippen LogP contribution in [-0.2, 0) is 9.59 Å². The zero-order valence-electron chi connectivity index (χ0n) is 14.4. The molecule has 26 heavy (non-hydrogen) atoms. The van der Waals surface area contributed by atoms with E-state index in [0.717, 1.165) is 5.56 Å². The van der Waals surface area contributed by atoms with Gasteiger partial charge in [0.15, 0.2) is 5.69 Å². The van der Waals surface area contributed by atoms with Gasteiger partial charge in [0.2, 0.25) is 17.2 Å². The highest BCUT2D eigenvalue weighted by atomic mass is 16.2. The Labute approximate surface area is 149 Å². The molecule has 1 aliphatic rings. The van der Waals surface area contributed by atoms with Crippen LogP contribution in [0.4, 0.5) is 0 Å². The maximum Gasteiger partial charge on any atom is 0.276 e. The Morgan fingerprint density at radius 3 is 2.54 bits per heavy atom. The van der Waals surface area contributed by atoms with Crippen molar-refractivity contribution in [1.82, 2.24) is 20.4 Å². The topological polar surface area (TPSA) is 110 Å². The van der Waals surface area contributed by atoms with Gasteiger partial charge in [-0.2, -0.15) is 5.10 Å². The Morgan fingerprint density at radius 2 is 1.88 bits per heavy atom. The average Bonchev–Trinajstić information content (AvgIpc) is 2.58. The molecule has 8 nitrogen and oxygen atoms in total. The van der Waals surface area contributed by atoms with Crippen LogP contribution in [0.15, 0.2) is 35.1 Å². The fourth-order valence-electron chi connectivity index (χ4n) is 2.71. The fourth-order valence-corrected chi connectivity index (χ4v) is 2.71. The van der Waals surface area contributed by atoms with Gasteiger partial charge in [0.05, 0.1) is 5.69 Å². The molecule has 134 valence electrons. The molecule has 2 heterocycles. The Bertz CT molecular complexity index is 947. The summed E-state index contributed by atoms with van der Waals surface area (Å²) >= 11 is 0. The number of hydrogen-bond acceptors (Lipinski definition) is 5. The van der Waals surface area contributed by atoms with Gasteiger partial charge < -0.3 is 5.32 Å². The number of benzene rings is 1. The van der Waals surface area contributed by atoms with Gasteiger partial charge in [-0.25, -0.2) is 4.68 Å². The SMILES string of the molecule is Cc1ccc(-n2nc(C(=O)NC3CCC(=O)NC3=O)c(=O)cc2C)cc1. The number of aryl methyl sites for hydroxylation is 2. The summed E-state index contributed by atoms with van der Waals surface area (Å²) in [6, 6.07) is 7.93. The summed E-state index contributed by atoms with van der Waals surface area (Å²) in [5.74, 6) is -1.71. The maximum absolute atomic E-state index is 12.5. The molecule has 8 heteroatoms. The van der Waals surface area contributed by atoms with Crippen molar-refractivity contribution < 1.29 is 14.4 Å². The lowest BCUT2D eigenvalue weighted by atomic mass is 10.1. The summed E-state index contributed by atoms with van der Waals surface area (Å²) in [6.07, 6.45) is 0.319. The summed E-state index contributed by atoms with van der Waals surface area (Å²) in [6.45, 7) is 3.67. The molecule has 0 radical (unpaired) electrons. The van der Waals surface area contributed by atoms with Crippen LogP contribution in [0.3, 0.4) is 0 Å². The van der Waals surface area contributed by atoms with Crippen LogP contribution in [0.5, 0.6) is 0 Å². The summed E-state index contributed by atoms with van der Waals surface area (Å²) in [4.78, 5) is 47.6. The van der Waals surface area contributed by atoms with Crippen molar-refractivity contribution >= 4 is 17.7 Å². The average molecular weight is 354 g/mol. The first-order chi connectivity index (χ1) is 12.3. The number of aromatic nitrogens is 2. The number of piperidine rings is 1. The van der Waals surface area contributed by atoms with Crippen molar-refractivity contribution in [2.45, 2.75) is 32.7 Å². The minimum atomic E-state index is -0.865. The van der Waals surface area contributed by atoms with E-state index in [1.165, 1.54) is 10.7 Å². The number of hydrogen-bond donors (Lipinski definition) is 2. The molecule has 1 saturated heterocycles. The molecule has 3 rings (SSSR count). The highest BCUT2D eigenvalue weighted by Gasteiger charge is 2.29. The molecule has 1 unspecified atom stereocenters. The molecule has 3 amide bonds. The minimum absolute atomic E-state index is 0.131. The zero-order valence-corrected chi connectivity index (χ0v) is 14.4. The van der Waals surface area contributed by atoms with Crippen LogP contribution in [0, 0.1) is 13.8 Å². The van der Waals surface area contributed by atoms with Crippen LogP contribution in [0.2, 0.25) is 0 Å². The van der Waals surface area contributed by atoms with E-state index in [1.54, 1.807) is 6.92 Å². The quantitative estimate of drug-likeness (QED) is 0.775. The van der Waals surface area contributed by atoms with E-state index in [2.05, 4.69) is 15.7 Å². The van der Waals surface area contributed by atoms with E-state index < -0.39 is 23.3 Å². The van der Waals surface area contributed by atoms with Gasteiger partial charge in [-0.05, 0) is 32.4 Å². The van der Waals surface area contributed by atoms with E-state index in [1.807, 2.05) is 31.2 Å². The fraction of sp³-hybridized carbons (Fsp3) is 0.278. The zero-order chi connectivity index (χ0) is 18.8. The third-order valence-corrected chi connectivity index (χ3v) is 4.15. The number of imide groups is 1. The van der Waals surface area contributed by atoms with Crippen molar-refractivity contribution in [2.75, 3.05) is 0 Å². The third-order valence-electron chi connectivity index (χ3n) is 4.15. The van der Waals surface area contributed by atoms with Gasteiger partial charge in [0.25, 0.3) is 5.91 Å². The van der Waals surface area contributed by atoms with Crippen LogP contribution >= 0.6 is 0 Å². The first kappa shape index (κ1) is 17.5. The molecule has 0 spiro atoms. The summed E-state index contributed by atoms with van der Waals surface area (Å²) in [5.41, 5.74) is 1.53. The largest absolute Gasteiger partial charge is 0.339 e. The lowest BCUT2D eigenvalue weighted by Gasteiger charge is -2.21. The number of amides is 3. The summed E-state index contributed by atoms with van der Waals surface area (Å²) in [5, 5.41) is 8.80. The van der Waals surface area contributed by atoms with Gasteiger partial charge in [-0.15, -0.1) is 0 Å². The standard InChI is InChI=1S/C18H18N4O4/c1-10-3-5-12(6-4-10)22-11(2)9-14(23)16(21-22)18(26)19-13-7-8-15(24)20-17(13)25/h3-6,9,13H,7-8H2,1-2H3,(H,19,26)(H,20,24,25). The van der Waals surface area contributed by atoms with Crippen molar-refractivity contribution in [1.29, 1.82) is 0 Å². The third kappa shape index (κ3) is 3.53. The molecule has 0 bridgehead atoms. The number of rotatable bonds is 3. The molecule has 2 aromatic rings. The number of nitrogens with zero attached hydrogens (tertiary/aromatic N) is 2. The smallest absolute Gasteiger partial charge is 0.276 e. The van der Waals surface area contributed by atoms with Gasteiger partial charge in [0.1, 0.15) is 6.04 Å². The Balaban J connectivity index is 1.90. The summed E-state index contributed by atoms with van der Waals surface area (Å²) < 4.78 is 1.50. The Hall–Kier alpha value is -3.29. The van der Waals surface area contributed by atoms with Crippen molar-refractivity contribution in [3.05, 3.63) is 57.5 Å². The Kier molecular flexibility index (Phi) is 4.66. The Morgan fingerprint density at radius 1 is 1.19 bits per heavy atom. The molecule has 1 aromatic heterocycles. The lowest BCUT2D eigenvalue weighted by Crippen LogP contribution is -2.53. The van der Waals surface area contributed by atoms with E-state index >= 15 is 0 Å². The van der Waals surface area contributed by atoms with Crippen LogP contribution in [-0.4, -0.2) is 33.5 Å². The molecule has 1 aliphatic heterocycles. The number of carbonyl (C=O) groups is 3. The molecular formula is C18H18N4O4. The molecule has 1 fully saturated rings. The predicted octanol–water partition coefficient (Wildman–Crippen LogP) is 0.384. The first-order valence-electron chi connectivity index (χ1n) is 8.18. The normalized spacial score (nSPS) is 16.9. The van der Waals surface area contributed by atoms with Crippen LogP contribution in [0.1, 0.15) is 34.6 Å². The van der Waals surface area contributed by atoms with E-state index in [9.17, 15) is 19.2 Å². The second-order valence-electron chi connectivity index (χ2n) is 6.22. The van der Waals surface area contributed by atoms with E-state index in [0.29, 0.717) is 11.4 Å². The second kappa shape index (κ2) is 6.91. The summed E-state index contributed by atoms with van der Waals surface area (Å²) in [7, 11) is 0. The van der Waals surface area contributed by atoms with Crippen LogP contribution < -0.4 is 16.1 Å². The van der Waals surface area contributed by atoms with Crippen molar-refractivity contribution in [2.24, 2.45) is 0 Å². The van der Waals surface area contributed by atoms with E-state index in [-0.39, 0.29) is 24.4 Å². The second-order valence-corrected chi connectivity index (χ2v) is 6.22. The van der Waals surface area contributed by atoms with Gasteiger partial charge >= 0.3 is 0 Å².